The number of anilines is 1. The van der Waals surface area contributed by atoms with Gasteiger partial charge in [-0.3, -0.25) is 4.79 Å². The number of amides is 2. The van der Waals surface area contributed by atoms with Crippen molar-refractivity contribution in [2.75, 3.05) is 32.6 Å². The first-order valence-corrected chi connectivity index (χ1v) is 12.8. The SMILES string of the molecule is CC[C@]1(NC(=O)N(C)C)[C@@H](N)[C@H](Nc2cccc(C(=O)CO)c2)[C@](O)(COC(=O)c2c(C)cccc2O)[C@]1(C)O. The summed E-state index contributed by atoms with van der Waals surface area (Å²) in [6, 6.07) is 7.65. The van der Waals surface area contributed by atoms with Crippen LogP contribution >= 0.6 is 0 Å². The van der Waals surface area contributed by atoms with Crippen molar-refractivity contribution in [1.29, 1.82) is 0 Å². The first-order valence-electron chi connectivity index (χ1n) is 12.8. The maximum atomic E-state index is 13.0. The van der Waals surface area contributed by atoms with Crippen LogP contribution in [0.25, 0.3) is 0 Å². The molecule has 2 amide bonds. The molecule has 0 aliphatic heterocycles. The van der Waals surface area contributed by atoms with E-state index in [2.05, 4.69) is 10.6 Å². The second-order valence-electron chi connectivity index (χ2n) is 10.5. The predicted molar refractivity (Wildman–Crippen MR) is 147 cm³/mol. The molecule has 5 atom stereocenters. The van der Waals surface area contributed by atoms with Gasteiger partial charge in [-0.2, -0.15) is 0 Å². The summed E-state index contributed by atoms with van der Waals surface area (Å²) in [5, 5.41) is 49.5. The molecule has 0 unspecified atom stereocenters. The fraction of sp³-hybridized carbons (Fsp3) is 0.464. The normalized spacial score (nSPS) is 27.6. The Morgan fingerprint density at radius 2 is 1.77 bits per heavy atom. The van der Waals surface area contributed by atoms with E-state index in [1.165, 1.54) is 44.1 Å². The molecular weight excluding hydrogens is 520 g/mol. The number of aryl methyl sites for hydroxylation is 1. The van der Waals surface area contributed by atoms with E-state index < -0.39 is 59.8 Å². The highest BCUT2D eigenvalue weighted by Gasteiger charge is 2.74. The number of aromatic hydroxyl groups is 1. The summed E-state index contributed by atoms with van der Waals surface area (Å²) < 4.78 is 5.48. The van der Waals surface area contributed by atoms with Gasteiger partial charge in [0.05, 0.1) is 17.6 Å². The van der Waals surface area contributed by atoms with E-state index in [0.29, 0.717) is 11.3 Å². The molecule has 0 radical (unpaired) electrons. The van der Waals surface area contributed by atoms with Crippen LogP contribution in [0.4, 0.5) is 10.5 Å². The number of ketones is 1. The summed E-state index contributed by atoms with van der Waals surface area (Å²) >= 11 is 0. The number of urea groups is 1. The summed E-state index contributed by atoms with van der Waals surface area (Å²) in [7, 11) is 3.02. The van der Waals surface area contributed by atoms with Gasteiger partial charge in [0.2, 0.25) is 0 Å². The van der Waals surface area contributed by atoms with Gasteiger partial charge in [-0.05, 0) is 44.0 Å². The number of rotatable bonds is 9. The number of phenolic OH excluding ortho intramolecular Hbond substituents is 1. The van der Waals surface area contributed by atoms with E-state index in [1.54, 1.807) is 38.1 Å². The topological polar surface area (TPSA) is 195 Å². The Bertz CT molecular complexity index is 1260. The highest BCUT2D eigenvalue weighted by atomic mass is 16.5. The van der Waals surface area contributed by atoms with Crippen LogP contribution in [0.5, 0.6) is 5.75 Å². The van der Waals surface area contributed by atoms with Crippen LogP contribution in [0, 0.1) is 6.92 Å². The molecule has 2 aromatic carbocycles. The van der Waals surface area contributed by atoms with Crippen LogP contribution in [0.15, 0.2) is 42.5 Å². The molecular formula is C28H38N4O8. The molecule has 0 heterocycles. The van der Waals surface area contributed by atoms with Crippen molar-refractivity contribution in [2.24, 2.45) is 5.73 Å². The van der Waals surface area contributed by atoms with Crippen molar-refractivity contribution in [3.8, 4) is 5.75 Å². The van der Waals surface area contributed by atoms with Crippen LogP contribution in [0.3, 0.4) is 0 Å². The number of carbonyl (C=O) groups excluding carboxylic acids is 3. The zero-order valence-corrected chi connectivity index (χ0v) is 23.3. The highest BCUT2D eigenvalue weighted by Crippen LogP contribution is 2.49. The van der Waals surface area contributed by atoms with Crippen molar-refractivity contribution in [1.82, 2.24) is 10.2 Å². The van der Waals surface area contributed by atoms with E-state index in [1.807, 2.05) is 0 Å². The number of hydrogen-bond acceptors (Lipinski definition) is 10. The lowest BCUT2D eigenvalue weighted by Gasteiger charge is -2.46. The number of aliphatic hydroxyl groups excluding tert-OH is 1. The molecule has 0 aromatic heterocycles. The molecule has 1 aliphatic rings. The number of carbonyl (C=O) groups is 3. The van der Waals surface area contributed by atoms with Crippen molar-refractivity contribution in [2.45, 2.75) is 56.0 Å². The van der Waals surface area contributed by atoms with Crippen LogP contribution in [0.1, 0.15) is 46.5 Å². The van der Waals surface area contributed by atoms with Gasteiger partial charge in [-0.1, -0.05) is 31.2 Å². The number of ether oxygens (including phenoxy) is 1. The second-order valence-corrected chi connectivity index (χ2v) is 10.5. The van der Waals surface area contributed by atoms with Crippen molar-refractivity contribution in [3.63, 3.8) is 0 Å². The Morgan fingerprint density at radius 3 is 2.35 bits per heavy atom. The fourth-order valence-corrected chi connectivity index (χ4v) is 5.43. The molecule has 1 fully saturated rings. The van der Waals surface area contributed by atoms with E-state index >= 15 is 0 Å². The lowest BCUT2D eigenvalue weighted by atomic mass is 9.74. The van der Waals surface area contributed by atoms with E-state index in [4.69, 9.17) is 10.5 Å². The molecule has 8 N–H and O–H groups in total. The molecule has 0 saturated heterocycles. The fourth-order valence-electron chi connectivity index (χ4n) is 5.43. The second kappa shape index (κ2) is 11.4. The zero-order valence-electron chi connectivity index (χ0n) is 23.3. The average Bonchev–Trinajstić information content (AvgIpc) is 3.02. The Morgan fingerprint density at radius 1 is 1.12 bits per heavy atom. The van der Waals surface area contributed by atoms with Crippen molar-refractivity contribution < 1.29 is 39.5 Å². The van der Waals surface area contributed by atoms with Crippen LogP contribution in [-0.4, -0.2) is 99.2 Å². The minimum Gasteiger partial charge on any atom is -0.507 e. The zero-order chi connectivity index (χ0) is 30.0. The summed E-state index contributed by atoms with van der Waals surface area (Å²) in [6.07, 6.45) is 0.0802. The minimum absolute atomic E-state index is 0.0802. The smallest absolute Gasteiger partial charge is 0.342 e. The van der Waals surface area contributed by atoms with Crippen molar-refractivity contribution >= 4 is 23.5 Å². The Hall–Kier alpha value is -3.71. The number of aliphatic hydroxyl groups is 3. The summed E-state index contributed by atoms with van der Waals surface area (Å²) in [5.74, 6) is -1.78. The quantitative estimate of drug-likeness (QED) is 0.171. The monoisotopic (exact) mass is 558 g/mol. The van der Waals surface area contributed by atoms with E-state index in [-0.39, 0.29) is 23.3 Å². The third-order valence-electron chi connectivity index (χ3n) is 7.98. The summed E-state index contributed by atoms with van der Waals surface area (Å²) in [4.78, 5) is 39.2. The minimum atomic E-state index is -2.30. The molecule has 3 rings (SSSR count). The van der Waals surface area contributed by atoms with Crippen LogP contribution in [-0.2, 0) is 4.74 Å². The third kappa shape index (κ3) is 5.10. The maximum Gasteiger partial charge on any atom is 0.342 e. The molecule has 0 bridgehead atoms. The van der Waals surface area contributed by atoms with Crippen molar-refractivity contribution in [3.05, 3.63) is 59.2 Å². The number of esters is 1. The largest absolute Gasteiger partial charge is 0.507 e. The Labute approximate surface area is 232 Å². The molecule has 218 valence electrons. The number of Topliss-reactive ketones (excluding diaryl/α,β-unsaturated/α-hetero) is 1. The highest BCUT2D eigenvalue weighted by molar-refractivity contribution is 5.97. The first-order chi connectivity index (χ1) is 18.7. The standard InChI is InChI=1S/C28H38N4O8/c1-6-27(31-25(37)32(4)5)22(29)23(30-18-11-8-10-17(13-18)20(35)14-33)28(39,26(27,3)38)15-40-24(36)21-16(2)9-7-12-19(21)34/h7-13,22-23,30,33-34,38-39H,6,14-15,29H2,1-5H3,(H,31,37)/t22-,23-,26+,27-,28+/m0/s1. The van der Waals surface area contributed by atoms with Crippen LogP contribution in [0.2, 0.25) is 0 Å². The maximum absolute atomic E-state index is 13.0. The Balaban J connectivity index is 2.09. The van der Waals surface area contributed by atoms with Gasteiger partial charge in [0.1, 0.15) is 30.1 Å². The molecule has 1 saturated carbocycles. The van der Waals surface area contributed by atoms with Gasteiger partial charge in [0.15, 0.2) is 11.4 Å². The first kappa shape index (κ1) is 30.8. The molecule has 2 aromatic rings. The number of benzene rings is 2. The molecule has 40 heavy (non-hydrogen) atoms. The van der Waals surface area contributed by atoms with Gasteiger partial charge < -0.3 is 46.4 Å². The molecule has 12 nitrogen and oxygen atoms in total. The van der Waals surface area contributed by atoms with E-state index in [9.17, 15) is 34.8 Å². The molecule has 0 spiro atoms. The molecule has 12 heteroatoms. The Kier molecular flexibility index (Phi) is 8.80. The van der Waals surface area contributed by atoms with Crippen LogP contribution < -0.4 is 16.4 Å². The van der Waals surface area contributed by atoms with Gasteiger partial charge in [0.25, 0.3) is 0 Å². The average molecular weight is 559 g/mol. The number of phenols is 1. The van der Waals surface area contributed by atoms with Gasteiger partial charge in [-0.25, -0.2) is 9.59 Å². The molecule has 1 aliphatic carbocycles. The van der Waals surface area contributed by atoms with E-state index in [0.717, 1.165) is 0 Å². The summed E-state index contributed by atoms with van der Waals surface area (Å²) in [6.45, 7) is 3.12. The van der Waals surface area contributed by atoms with Gasteiger partial charge >= 0.3 is 12.0 Å². The predicted octanol–water partition coefficient (Wildman–Crippen LogP) is 0.756. The van der Waals surface area contributed by atoms with Gasteiger partial charge in [-0.15, -0.1) is 0 Å². The lowest BCUT2D eigenvalue weighted by Crippen LogP contribution is -2.72. The lowest BCUT2D eigenvalue weighted by molar-refractivity contribution is -0.172. The van der Waals surface area contributed by atoms with Gasteiger partial charge in [0, 0.05) is 25.3 Å². The number of nitrogens with one attached hydrogen (secondary N) is 2. The number of hydrogen-bond donors (Lipinski definition) is 7. The number of nitrogens with zero attached hydrogens (tertiary/aromatic N) is 1. The summed E-state index contributed by atoms with van der Waals surface area (Å²) in [5.41, 5.74) is 1.46. The number of nitrogens with two attached hydrogens (primary N) is 1. The third-order valence-corrected chi connectivity index (χ3v) is 7.98.